The minimum atomic E-state index is -4.50. The van der Waals surface area contributed by atoms with E-state index in [1.165, 1.54) is 12.1 Å². The van der Waals surface area contributed by atoms with Crippen LogP contribution in [-0.2, 0) is 19.1 Å². The molecule has 0 bridgehead atoms. The van der Waals surface area contributed by atoms with Gasteiger partial charge in [-0.1, -0.05) is 29.3 Å². The zero-order valence-corrected chi connectivity index (χ0v) is 13.8. The highest BCUT2D eigenvalue weighted by molar-refractivity contribution is 6.31. The van der Waals surface area contributed by atoms with Crippen molar-refractivity contribution >= 4 is 34.2 Å². The summed E-state index contributed by atoms with van der Waals surface area (Å²) in [4.78, 5) is 0. The van der Waals surface area contributed by atoms with Crippen LogP contribution in [0.5, 0.6) is 0 Å². The summed E-state index contributed by atoms with van der Waals surface area (Å²) in [6.45, 7) is 0.0629. The van der Waals surface area contributed by atoms with Gasteiger partial charge in [0.25, 0.3) is 0 Å². The van der Waals surface area contributed by atoms with E-state index < -0.39 is 11.7 Å². The van der Waals surface area contributed by atoms with Crippen molar-refractivity contribution in [2.45, 2.75) is 19.1 Å². The van der Waals surface area contributed by atoms with Crippen LogP contribution < -0.4 is 5.73 Å². The van der Waals surface area contributed by atoms with Crippen LogP contribution in [0.3, 0.4) is 0 Å². The number of nitrogens with two attached hydrogens (primary N) is 1. The fourth-order valence-corrected chi connectivity index (χ4v) is 3.12. The molecule has 1 aromatic heterocycles. The van der Waals surface area contributed by atoms with Gasteiger partial charge in [-0.15, -0.1) is 0 Å². The van der Waals surface area contributed by atoms with Gasteiger partial charge in [-0.05, 0) is 35.9 Å². The quantitative estimate of drug-likeness (QED) is 0.629. The average Bonchev–Trinajstić information content (AvgIpc) is 2.85. The summed E-state index contributed by atoms with van der Waals surface area (Å²) in [5.74, 6) is 0.417. The van der Waals surface area contributed by atoms with Crippen molar-refractivity contribution < 1.29 is 17.6 Å². The highest BCUT2D eigenvalue weighted by Crippen LogP contribution is 2.38. The summed E-state index contributed by atoms with van der Waals surface area (Å²) in [6, 6.07) is 8.69. The van der Waals surface area contributed by atoms with Crippen LogP contribution >= 0.6 is 23.2 Å². The predicted octanol–water partition coefficient (Wildman–Crippen LogP) is 5.81. The molecule has 2 aromatic carbocycles. The number of rotatable bonds is 3. The van der Waals surface area contributed by atoms with E-state index in [2.05, 4.69) is 0 Å². The summed E-state index contributed by atoms with van der Waals surface area (Å²) in [7, 11) is 0. The van der Waals surface area contributed by atoms with E-state index in [0.717, 1.165) is 6.07 Å². The maximum absolute atomic E-state index is 13.3. The third-order valence-corrected chi connectivity index (χ3v) is 4.39. The fraction of sp³-hybridized carbons (Fsp3) is 0.176. The van der Waals surface area contributed by atoms with E-state index in [1.54, 1.807) is 18.2 Å². The van der Waals surface area contributed by atoms with Gasteiger partial charge >= 0.3 is 6.18 Å². The van der Waals surface area contributed by atoms with Crippen molar-refractivity contribution in [2.75, 3.05) is 0 Å². The van der Waals surface area contributed by atoms with E-state index in [4.69, 9.17) is 33.4 Å². The molecule has 3 rings (SSSR count). The molecule has 0 radical (unpaired) electrons. The molecule has 24 heavy (non-hydrogen) atoms. The predicted molar refractivity (Wildman–Crippen MR) is 88.4 cm³/mol. The van der Waals surface area contributed by atoms with Gasteiger partial charge in [0.1, 0.15) is 11.3 Å². The summed E-state index contributed by atoms with van der Waals surface area (Å²) in [6.07, 6.45) is -4.55. The van der Waals surface area contributed by atoms with Gasteiger partial charge in [-0.3, -0.25) is 0 Å². The molecule has 0 saturated carbocycles. The molecule has 0 spiro atoms. The lowest BCUT2D eigenvalue weighted by atomic mass is 9.97. The van der Waals surface area contributed by atoms with Crippen molar-refractivity contribution in [3.8, 4) is 0 Å². The molecule has 0 fully saturated rings. The Bertz CT molecular complexity index is 903. The first-order chi connectivity index (χ1) is 11.3. The summed E-state index contributed by atoms with van der Waals surface area (Å²) < 4.78 is 45.5. The molecule has 0 atom stereocenters. The Labute approximate surface area is 146 Å². The van der Waals surface area contributed by atoms with E-state index in [0.29, 0.717) is 27.3 Å². The molecule has 2 nitrogen and oxygen atoms in total. The molecule has 2 N–H and O–H groups in total. The zero-order valence-electron chi connectivity index (χ0n) is 12.3. The molecule has 0 aliphatic carbocycles. The third-order valence-electron chi connectivity index (χ3n) is 3.80. The van der Waals surface area contributed by atoms with E-state index in [-0.39, 0.29) is 23.6 Å². The molecular weight excluding hydrogens is 362 g/mol. The van der Waals surface area contributed by atoms with Crippen LogP contribution in [-0.4, -0.2) is 0 Å². The largest absolute Gasteiger partial charge is 0.459 e. The lowest BCUT2D eigenvalue weighted by Crippen LogP contribution is -2.10. The molecule has 0 aliphatic heterocycles. The summed E-state index contributed by atoms with van der Waals surface area (Å²) in [5.41, 5.74) is 5.99. The van der Waals surface area contributed by atoms with Crippen molar-refractivity contribution in [3.05, 3.63) is 68.9 Å². The second-order valence-corrected chi connectivity index (χ2v) is 6.13. The first-order valence-electron chi connectivity index (χ1n) is 7.05. The minimum absolute atomic E-state index is 0.0101. The standard InChI is InChI=1S/C17H12Cl2F3NO/c18-9-4-5-15-10(6-9)11(16(8-23)24-15)7-12-13(17(20,21)22)2-1-3-14(12)19/h1-6H,7-8,23H2. The monoisotopic (exact) mass is 373 g/mol. The number of hydrogen-bond donors (Lipinski definition) is 1. The van der Waals surface area contributed by atoms with Crippen molar-refractivity contribution in [2.24, 2.45) is 5.73 Å². The average molecular weight is 374 g/mol. The second-order valence-electron chi connectivity index (χ2n) is 5.29. The summed E-state index contributed by atoms with van der Waals surface area (Å²) in [5, 5.41) is 1.14. The highest BCUT2D eigenvalue weighted by atomic mass is 35.5. The molecule has 0 unspecified atom stereocenters. The molecular formula is C17H12Cl2F3NO. The van der Waals surface area contributed by atoms with Crippen LogP contribution in [0, 0.1) is 0 Å². The lowest BCUT2D eigenvalue weighted by Gasteiger charge is -2.14. The summed E-state index contributed by atoms with van der Waals surface area (Å²) >= 11 is 12.0. The van der Waals surface area contributed by atoms with Crippen LogP contribution in [0.4, 0.5) is 13.2 Å². The Hall–Kier alpha value is -1.69. The smallest absolute Gasteiger partial charge is 0.416 e. The number of hydrogen-bond acceptors (Lipinski definition) is 2. The van der Waals surface area contributed by atoms with Gasteiger partial charge in [0.05, 0.1) is 12.1 Å². The normalized spacial score (nSPS) is 12.1. The Balaban J connectivity index is 2.19. The molecule has 3 aromatic rings. The van der Waals surface area contributed by atoms with Gasteiger partial charge in [0.15, 0.2) is 0 Å². The van der Waals surface area contributed by atoms with E-state index in [1.807, 2.05) is 0 Å². The van der Waals surface area contributed by atoms with E-state index in [9.17, 15) is 13.2 Å². The maximum atomic E-state index is 13.3. The number of benzene rings is 2. The van der Waals surface area contributed by atoms with Gasteiger partial charge in [-0.2, -0.15) is 13.2 Å². The van der Waals surface area contributed by atoms with Gasteiger partial charge < -0.3 is 10.2 Å². The number of alkyl halides is 3. The fourth-order valence-electron chi connectivity index (χ4n) is 2.71. The molecule has 1 heterocycles. The number of furan rings is 1. The Morgan fingerprint density at radius 1 is 1.04 bits per heavy atom. The maximum Gasteiger partial charge on any atom is 0.416 e. The number of fused-ring (bicyclic) bond motifs is 1. The zero-order chi connectivity index (χ0) is 17.5. The van der Waals surface area contributed by atoms with Crippen molar-refractivity contribution in [3.63, 3.8) is 0 Å². The first-order valence-corrected chi connectivity index (χ1v) is 7.81. The van der Waals surface area contributed by atoms with Gasteiger partial charge in [-0.25, -0.2) is 0 Å². The molecule has 0 aliphatic rings. The van der Waals surface area contributed by atoms with Gasteiger partial charge in [0.2, 0.25) is 0 Å². The molecule has 7 heteroatoms. The minimum Gasteiger partial charge on any atom is -0.459 e. The van der Waals surface area contributed by atoms with E-state index >= 15 is 0 Å². The van der Waals surface area contributed by atoms with Crippen molar-refractivity contribution in [1.29, 1.82) is 0 Å². The highest BCUT2D eigenvalue weighted by Gasteiger charge is 2.34. The van der Waals surface area contributed by atoms with Crippen molar-refractivity contribution in [1.82, 2.24) is 0 Å². The van der Waals surface area contributed by atoms with Crippen LogP contribution in [0.15, 0.2) is 40.8 Å². The first kappa shape index (κ1) is 17.1. The SMILES string of the molecule is NCc1oc2ccc(Cl)cc2c1Cc1c(Cl)cccc1C(F)(F)F. The molecule has 126 valence electrons. The third kappa shape index (κ3) is 3.11. The molecule has 0 amide bonds. The Morgan fingerprint density at radius 2 is 1.79 bits per heavy atom. The molecule has 0 saturated heterocycles. The number of halogens is 5. The van der Waals surface area contributed by atoms with Crippen LogP contribution in [0.25, 0.3) is 11.0 Å². The Kier molecular flexibility index (Phi) is 4.51. The van der Waals surface area contributed by atoms with Crippen LogP contribution in [0.2, 0.25) is 10.0 Å². The second kappa shape index (κ2) is 6.31. The van der Waals surface area contributed by atoms with Gasteiger partial charge in [0, 0.05) is 27.4 Å². The Morgan fingerprint density at radius 3 is 2.46 bits per heavy atom. The lowest BCUT2D eigenvalue weighted by molar-refractivity contribution is -0.138. The topological polar surface area (TPSA) is 39.2 Å². The van der Waals surface area contributed by atoms with Crippen LogP contribution in [0.1, 0.15) is 22.5 Å².